The van der Waals surface area contributed by atoms with Gasteiger partial charge in [0.05, 0.1) is 5.92 Å². The first-order valence-electron chi connectivity index (χ1n) is 6.64. The van der Waals surface area contributed by atoms with E-state index in [0.717, 1.165) is 25.9 Å². The van der Waals surface area contributed by atoms with Gasteiger partial charge in [0.2, 0.25) is 0 Å². The minimum Gasteiger partial charge on any atom is -0.481 e. The Balaban J connectivity index is 1.87. The van der Waals surface area contributed by atoms with Gasteiger partial charge in [-0.3, -0.25) is 4.79 Å². The largest absolute Gasteiger partial charge is 0.481 e. The Morgan fingerprint density at radius 2 is 2.06 bits per heavy atom. The zero-order chi connectivity index (χ0) is 13.0. The summed E-state index contributed by atoms with van der Waals surface area (Å²) in [5.74, 6) is -0.355. The van der Waals surface area contributed by atoms with Crippen LogP contribution in [0.15, 0.2) is 30.3 Å². The molecular weight excluding hydrogens is 226 g/mol. The normalized spacial score (nSPS) is 24.9. The molecule has 1 fully saturated rings. The summed E-state index contributed by atoms with van der Waals surface area (Å²) in [5, 5.41) is 9.13. The van der Waals surface area contributed by atoms with E-state index in [4.69, 9.17) is 5.11 Å². The first-order valence-corrected chi connectivity index (χ1v) is 6.64. The van der Waals surface area contributed by atoms with E-state index in [1.807, 2.05) is 18.2 Å². The molecule has 0 bridgehead atoms. The second kappa shape index (κ2) is 6.01. The van der Waals surface area contributed by atoms with Crippen molar-refractivity contribution in [1.29, 1.82) is 0 Å². The summed E-state index contributed by atoms with van der Waals surface area (Å²) in [4.78, 5) is 13.4. The molecule has 0 amide bonds. The molecule has 2 rings (SSSR count). The molecule has 98 valence electrons. The predicted molar refractivity (Wildman–Crippen MR) is 71.5 cm³/mol. The highest BCUT2D eigenvalue weighted by Crippen LogP contribution is 2.21. The number of carboxylic acids is 1. The lowest BCUT2D eigenvalue weighted by atomic mass is 9.90. The lowest BCUT2D eigenvalue weighted by molar-refractivity contribution is -0.144. The summed E-state index contributed by atoms with van der Waals surface area (Å²) in [6.07, 6.45) is 1.82. The number of aliphatic carboxylic acids is 1. The fraction of sp³-hybridized carbons (Fsp3) is 0.533. The molecule has 1 aliphatic heterocycles. The molecular formula is C15H21NO2. The molecule has 0 saturated carbocycles. The minimum atomic E-state index is -0.647. The molecule has 0 radical (unpaired) electrons. The van der Waals surface area contributed by atoms with Gasteiger partial charge in [0, 0.05) is 19.6 Å². The Labute approximate surface area is 108 Å². The van der Waals surface area contributed by atoms with Crippen LogP contribution in [0.4, 0.5) is 0 Å². The van der Waals surface area contributed by atoms with Crippen LogP contribution in [-0.4, -0.2) is 35.6 Å². The summed E-state index contributed by atoms with van der Waals surface area (Å²) in [7, 11) is 0. The fourth-order valence-corrected chi connectivity index (χ4v) is 2.76. The van der Waals surface area contributed by atoms with E-state index < -0.39 is 5.97 Å². The molecule has 0 aromatic heterocycles. The van der Waals surface area contributed by atoms with E-state index in [1.165, 1.54) is 5.56 Å². The van der Waals surface area contributed by atoms with Crippen LogP contribution in [0.2, 0.25) is 0 Å². The highest BCUT2D eigenvalue weighted by atomic mass is 16.4. The Morgan fingerprint density at radius 1 is 1.33 bits per heavy atom. The molecule has 2 atom stereocenters. The van der Waals surface area contributed by atoms with E-state index in [-0.39, 0.29) is 5.92 Å². The molecule has 1 aromatic carbocycles. The zero-order valence-corrected chi connectivity index (χ0v) is 10.9. The average molecular weight is 247 g/mol. The third-order valence-electron chi connectivity index (χ3n) is 3.64. The van der Waals surface area contributed by atoms with E-state index in [2.05, 4.69) is 24.0 Å². The SMILES string of the molecule is CC1CC(C(=O)O)CN(CCc2ccccc2)C1. The number of likely N-dealkylation sites (tertiary alicyclic amines) is 1. The topological polar surface area (TPSA) is 40.5 Å². The second-order valence-corrected chi connectivity index (χ2v) is 5.37. The van der Waals surface area contributed by atoms with Crippen LogP contribution < -0.4 is 0 Å². The molecule has 0 aliphatic carbocycles. The van der Waals surface area contributed by atoms with Crippen LogP contribution in [0.3, 0.4) is 0 Å². The molecule has 3 heteroatoms. The van der Waals surface area contributed by atoms with Gasteiger partial charge in [0.25, 0.3) is 0 Å². The number of piperidine rings is 1. The molecule has 2 unspecified atom stereocenters. The van der Waals surface area contributed by atoms with Crippen molar-refractivity contribution in [1.82, 2.24) is 4.90 Å². The van der Waals surface area contributed by atoms with Gasteiger partial charge in [-0.15, -0.1) is 0 Å². The van der Waals surface area contributed by atoms with E-state index in [1.54, 1.807) is 0 Å². The Morgan fingerprint density at radius 3 is 2.72 bits per heavy atom. The molecule has 1 aliphatic rings. The summed E-state index contributed by atoms with van der Waals surface area (Å²) < 4.78 is 0. The maximum absolute atomic E-state index is 11.1. The molecule has 1 saturated heterocycles. The van der Waals surface area contributed by atoms with E-state index >= 15 is 0 Å². The van der Waals surface area contributed by atoms with Crippen molar-refractivity contribution in [2.75, 3.05) is 19.6 Å². The van der Waals surface area contributed by atoms with Crippen LogP contribution in [0.1, 0.15) is 18.9 Å². The average Bonchev–Trinajstić information content (AvgIpc) is 2.37. The molecule has 1 heterocycles. The minimum absolute atomic E-state index is 0.190. The van der Waals surface area contributed by atoms with Gasteiger partial charge in [0.1, 0.15) is 0 Å². The van der Waals surface area contributed by atoms with Crippen molar-refractivity contribution in [2.45, 2.75) is 19.8 Å². The van der Waals surface area contributed by atoms with Crippen molar-refractivity contribution in [2.24, 2.45) is 11.8 Å². The van der Waals surface area contributed by atoms with Gasteiger partial charge in [-0.1, -0.05) is 37.3 Å². The number of nitrogens with zero attached hydrogens (tertiary/aromatic N) is 1. The lowest BCUT2D eigenvalue weighted by Gasteiger charge is -2.34. The van der Waals surface area contributed by atoms with Crippen molar-refractivity contribution in [3.63, 3.8) is 0 Å². The van der Waals surface area contributed by atoms with Gasteiger partial charge in [-0.25, -0.2) is 0 Å². The third kappa shape index (κ3) is 3.57. The Bertz CT molecular complexity index is 391. The van der Waals surface area contributed by atoms with Crippen LogP contribution in [0.5, 0.6) is 0 Å². The maximum Gasteiger partial charge on any atom is 0.307 e. The summed E-state index contributed by atoms with van der Waals surface area (Å²) >= 11 is 0. The first-order chi connectivity index (χ1) is 8.65. The van der Waals surface area contributed by atoms with Crippen molar-refractivity contribution in [3.8, 4) is 0 Å². The molecule has 3 nitrogen and oxygen atoms in total. The van der Waals surface area contributed by atoms with Gasteiger partial charge >= 0.3 is 5.97 Å². The van der Waals surface area contributed by atoms with Gasteiger partial charge in [-0.05, 0) is 24.3 Å². The molecule has 1 N–H and O–H groups in total. The van der Waals surface area contributed by atoms with Crippen molar-refractivity contribution in [3.05, 3.63) is 35.9 Å². The molecule has 0 spiro atoms. The smallest absolute Gasteiger partial charge is 0.307 e. The number of carboxylic acid groups (broad SMARTS) is 1. The number of rotatable bonds is 4. The fourth-order valence-electron chi connectivity index (χ4n) is 2.76. The van der Waals surface area contributed by atoms with E-state index in [9.17, 15) is 4.79 Å². The number of carbonyl (C=O) groups is 1. The van der Waals surface area contributed by atoms with Crippen molar-refractivity contribution >= 4 is 5.97 Å². The third-order valence-corrected chi connectivity index (χ3v) is 3.64. The van der Waals surface area contributed by atoms with Gasteiger partial charge in [-0.2, -0.15) is 0 Å². The molecule has 18 heavy (non-hydrogen) atoms. The number of benzene rings is 1. The van der Waals surface area contributed by atoms with Gasteiger partial charge in [0.15, 0.2) is 0 Å². The quantitative estimate of drug-likeness (QED) is 0.887. The highest BCUT2D eigenvalue weighted by Gasteiger charge is 2.28. The maximum atomic E-state index is 11.1. The standard InChI is InChI=1S/C15H21NO2/c1-12-9-14(15(17)18)11-16(10-12)8-7-13-5-3-2-4-6-13/h2-6,12,14H,7-11H2,1H3,(H,17,18). The monoisotopic (exact) mass is 247 g/mol. The summed E-state index contributed by atoms with van der Waals surface area (Å²) in [6, 6.07) is 10.4. The second-order valence-electron chi connectivity index (χ2n) is 5.37. The Kier molecular flexibility index (Phi) is 4.37. The zero-order valence-electron chi connectivity index (χ0n) is 10.9. The molecule has 1 aromatic rings. The van der Waals surface area contributed by atoms with E-state index in [0.29, 0.717) is 12.5 Å². The summed E-state index contributed by atoms with van der Waals surface area (Å²) in [5.41, 5.74) is 1.32. The number of hydrogen-bond donors (Lipinski definition) is 1. The van der Waals surface area contributed by atoms with Gasteiger partial charge < -0.3 is 10.0 Å². The van der Waals surface area contributed by atoms with Crippen LogP contribution in [0, 0.1) is 11.8 Å². The number of hydrogen-bond acceptors (Lipinski definition) is 2. The van der Waals surface area contributed by atoms with Crippen LogP contribution in [0.25, 0.3) is 0 Å². The van der Waals surface area contributed by atoms with Crippen molar-refractivity contribution < 1.29 is 9.90 Å². The predicted octanol–water partition coefficient (Wildman–Crippen LogP) is 2.27. The lowest BCUT2D eigenvalue weighted by Crippen LogP contribution is -2.43. The van der Waals surface area contributed by atoms with Crippen LogP contribution >= 0.6 is 0 Å². The summed E-state index contributed by atoms with van der Waals surface area (Å²) in [6.45, 7) is 4.83. The highest BCUT2D eigenvalue weighted by molar-refractivity contribution is 5.70. The Hall–Kier alpha value is -1.35. The van der Waals surface area contributed by atoms with Crippen LogP contribution in [-0.2, 0) is 11.2 Å². The first kappa shape index (κ1) is 13.1.